The Bertz CT molecular complexity index is 181. The summed E-state index contributed by atoms with van der Waals surface area (Å²) in [7, 11) is 0. The monoisotopic (exact) mass is 168 g/mol. The third-order valence-corrected chi connectivity index (χ3v) is 1.62. The van der Waals surface area contributed by atoms with Crippen molar-refractivity contribution in [2.75, 3.05) is 0 Å². The topological polar surface area (TPSA) is 49.9 Å². The lowest BCUT2D eigenvalue weighted by Gasteiger charge is -2.08. The minimum Gasteiger partial charge on any atom is -0.623 e. The summed E-state index contributed by atoms with van der Waals surface area (Å²) >= 11 is 0. The predicted octanol–water partition coefficient (Wildman–Crippen LogP) is 2.06. The molecule has 0 amide bonds. The molecule has 0 aliphatic carbocycles. The minimum atomic E-state index is -0.485. The third kappa shape index (κ3) is 3.97. The number of nitriles is 1. The van der Waals surface area contributed by atoms with Crippen LogP contribution in [0.1, 0.15) is 39.5 Å². The molecule has 0 heterocycles. The summed E-state index contributed by atoms with van der Waals surface area (Å²) < 4.78 is 0.785. The van der Waals surface area contributed by atoms with Gasteiger partial charge in [0.15, 0.2) is 6.21 Å². The average Bonchev–Trinajstić information content (AvgIpc) is 2.10. The van der Waals surface area contributed by atoms with Crippen molar-refractivity contribution in [2.45, 2.75) is 45.6 Å². The van der Waals surface area contributed by atoms with E-state index in [-0.39, 0.29) is 0 Å². The highest BCUT2D eigenvalue weighted by atomic mass is 16.5. The smallest absolute Gasteiger partial charge is 0.247 e. The highest BCUT2D eigenvalue weighted by Crippen LogP contribution is 1.99. The minimum absolute atomic E-state index is 0.485. The maximum atomic E-state index is 11.2. The Morgan fingerprint density at radius 2 is 2.17 bits per heavy atom. The van der Waals surface area contributed by atoms with Crippen LogP contribution in [0.25, 0.3) is 0 Å². The van der Waals surface area contributed by atoms with Gasteiger partial charge in [0, 0.05) is 12.8 Å². The van der Waals surface area contributed by atoms with E-state index in [9.17, 15) is 5.21 Å². The van der Waals surface area contributed by atoms with Crippen LogP contribution in [0.3, 0.4) is 0 Å². The molecule has 0 rings (SSSR count). The van der Waals surface area contributed by atoms with Crippen molar-refractivity contribution in [1.82, 2.24) is 0 Å². The number of hydroxylamine groups is 1. The Labute approximate surface area is 73.9 Å². The van der Waals surface area contributed by atoms with Crippen LogP contribution in [0.2, 0.25) is 0 Å². The summed E-state index contributed by atoms with van der Waals surface area (Å²) in [5, 5.41) is 19.8. The van der Waals surface area contributed by atoms with Gasteiger partial charge in [-0.05, 0) is 12.8 Å². The van der Waals surface area contributed by atoms with Gasteiger partial charge in [-0.15, -0.1) is 0 Å². The van der Waals surface area contributed by atoms with Crippen LogP contribution in [0.5, 0.6) is 0 Å². The van der Waals surface area contributed by atoms with Crippen molar-refractivity contribution in [3.05, 3.63) is 5.21 Å². The van der Waals surface area contributed by atoms with Crippen LogP contribution in [0, 0.1) is 16.5 Å². The first kappa shape index (κ1) is 11.0. The fraction of sp³-hybridized carbons (Fsp3) is 0.778. The molecule has 0 aromatic rings. The summed E-state index contributed by atoms with van der Waals surface area (Å²) in [5.74, 6) is 0. The molecular weight excluding hydrogens is 152 g/mol. The quantitative estimate of drug-likeness (QED) is 0.273. The predicted molar refractivity (Wildman–Crippen MR) is 48.9 cm³/mol. The Hall–Kier alpha value is -1.04. The molecule has 0 aliphatic rings. The molecule has 12 heavy (non-hydrogen) atoms. The molecular formula is C9H16N2O. The lowest BCUT2D eigenvalue weighted by Crippen LogP contribution is -2.20. The summed E-state index contributed by atoms with van der Waals surface area (Å²) in [4.78, 5) is 0. The highest BCUT2D eigenvalue weighted by Gasteiger charge is 2.11. The van der Waals surface area contributed by atoms with E-state index in [1.165, 1.54) is 0 Å². The van der Waals surface area contributed by atoms with Gasteiger partial charge in [-0.2, -0.15) is 10.0 Å². The molecule has 1 unspecified atom stereocenters. The summed E-state index contributed by atoms with van der Waals surface area (Å²) in [5.41, 5.74) is 0. The van der Waals surface area contributed by atoms with Crippen molar-refractivity contribution in [3.63, 3.8) is 0 Å². The first-order valence-corrected chi connectivity index (χ1v) is 4.44. The fourth-order valence-corrected chi connectivity index (χ4v) is 0.906. The van der Waals surface area contributed by atoms with E-state index in [4.69, 9.17) is 5.26 Å². The average molecular weight is 168 g/mol. The molecule has 0 saturated carbocycles. The van der Waals surface area contributed by atoms with Gasteiger partial charge < -0.3 is 5.21 Å². The standard InChI is InChI=1S/C9H16N2O/c1-3-5-7-11(12)9(8-10)6-4-2/h7,9H,3-6H2,1-2H3/b11-7-. The van der Waals surface area contributed by atoms with E-state index in [1.54, 1.807) is 6.21 Å². The van der Waals surface area contributed by atoms with Gasteiger partial charge in [0.25, 0.3) is 0 Å². The van der Waals surface area contributed by atoms with Gasteiger partial charge in [0.05, 0.1) is 0 Å². The Balaban J connectivity index is 4.03. The normalized spacial score (nSPS) is 13.9. The van der Waals surface area contributed by atoms with Crippen LogP contribution in [0.15, 0.2) is 0 Å². The summed E-state index contributed by atoms with van der Waals surface area (Å²) in [6, 6.07) is 1.51. The van der Waals surface area contributed by atoms with Gasteiger partial charge in [-0.3, -0.25) is 0 Å². The Kier molecular flexibility index (Phi) is 6.08. The molecule has 0 fully saturated rings. The number of unbranched alkanes of at least 4 members (excludes halogenated alkanes) is 1. The van der Waals surface area contributed by atoms with Gasteiger partial charge in [0.2, 0.25) is 6.04 Å². The van der Waals surface area contributed by atoms with E-state index in [0.717, 1.165) is 24.0 Å². The van der Waals surface area contributed by atoms with Crippen LogP contribution in [-0.4, -0.2) is 17.0 Å². The van der Waals surface area contributed by atoms with Crippen LogP contribution in [0.4, 0.5) is 0 Å². The molecule has 1 atom stereocenters. The van der Waals surface area contributed by atoms with E-state index in [2.05, 4.69) is 0 Å². The van der Waals surface area contributed by atoms with Crippen molar-refractivity contribution in [2.24, 2.45) is 0 Å². The van der Waals surface area contributed by atoms with E-state index in [1.807, 2.05) is 19.9 Å². The lowest BCUT2D eigenvalue weighted by molar-refractivity contribution is -0.482. The Morgan fingerprint density at radius 3 is 2.58 bits per heavy atom. The van der Waals surface area contributed by atoms with Crippen molar-refractivity contribution in [3.8, 4) is 6.07 Å². The van der Waals surface area contributed by atoms with Crippen LogP contribution < -0.4 is 0 Å². The summed E-state index contributed by atoms with van der Waals surface area (Å²) in [6.45, 7) is 3.98. The molecule has 0 spiro atoms. The fourth-order valence-electron chi connectivity index (χ4n) is 0.906. The number of rotatable bonds is 5. The molecule has 3 heteroatoms. The third-order valence-electron chi connectivity index (χ3n) is 1.62. The second-order valence-electron chi connectivity index (χ2n) is 2.76. The van der Waals surface area contributed by atoms with Gasteiger partial charge >= 0.3 is 0 Å². The van der Waals surface area contributed by atoms with Crippen molar-refractivity contribution < 1.29 is 4.74 Å². The highest BCUT2D eigenvalue weighted by molar-refractivity contribution is 5.51. The summed E-state index contributed by atoms with van der Waals surface area (Å²) in [6.07, 6.45) is 4.79. The molecule has 0 N–H and O–H groups in total. The Morgan fingerprint density at radius 1 is 1.50 bits per heavy atom. The first-order chi connectivity index (χ1) is 5.76. The van der Waals surface area contributed by atoms with Crippen LogP contribution >= 0.6 is 0 Å². The molecule has 68 valence electrons. The van der Waals surface area contributed by atoms with Crippen molar-refractivity contribution in [1.29, 1.82) is 5.26 Å². The van der Waals surface area contributed by atoms with Crippen LogP contribution in [-0.2, 0) is 0 Å². The van der Waals surface area contributed by atoms with Gasteiger partial charge in [-0.25, -0.2) is 0 Å². The van der Waals surface area contributed by atoms with E-state index >= 15 is 0 Å². The molecule has 0 aromatic heterocycles. The molecule has 0 bridgehead atoms. The largest absolute Gasteiger partial charge is 0.623 e. The van der Waals surface area contributed by atoms with Gasteiger partial charge in [-0.1, -0.05) is 13.8 Å². The van der Waals surface area contributed by atoms with Gasteiger partial charge in [0.1, 0.15) is 6.07 Å². The zero-order valence-electron chi connectivity index (χ0n) is 7.79. The zero-order valence-corrected chi connectivity index (χ0v) is 7.79. The van der Waals surface area contributed by atoms with E-state index in [0.29, 0.717) is 6.42 Å². The zero-order chi connectivity index (χ0) is 9.40. The molecule has 0 aromatic carbocycles. The second-order valence-corrected chi connectivity index (χ2v) is 2.76. The molecule has 0 saturated heterocycles. The maximum absolute atomic E-state index is 11.2. The first-order valence-electron chi connectivity index (χ1n) is 4.44. The molecule has 0 radical (unpaired) electrons. The number of nitrogens with zero attached hydrogens (tertiary/aromatic N) is 2. The maximum Gasteiger partial charge on any atom is 0.247 e. The SMILES string of the molecule is CCC/C=[N+](\[O-])C(C#N)CCC. The molecule has 3 nitrogen and oxygen atoms in total. The second kappa shape index (κ2) is 6.66. The lowest BCUT2D eigenvalue weighted by atomic mass is 10.2. The number of hydrogen-bond donors (Lipinski definition) is 0. The van der Waals surface area contributed by atoms with E-state index < -0.39 is 6.04 Å². The van der Waals surface area contributed by atoms with Crippen molar-refractivity contribution >= 4 is 6.21 Å². The number of hydrogen-bond acceptors (Lipinski definition) is 2. The molecule has 0 aliphatic heterocycles.